The van der Waals surface area contributed by atoms with Gasteiger partial charge in [0.15, 0.2) is 0 Å². The van der Waals surface area contributed by atoms with Gasteiger partial charge in [0, 0.05) is 30.4 Å². The Hall–Kier alpha value is -3.84. The number of hydrogen-bond donors (Lipinski definition) is 3. The number of nitrogens with zero attached hydrogens (tertiary/aromatic N) is 1. The van der Waals surface area contributed by atoms with Gasteiger partial charge in [0.1, 0.15) is 6.04 Å². The molecule has 3 aromatic rings. The Bertz CT molecular complexity index is 1050. The number of primary amides is 1. The Morgan fingerprint density at radius 2 is 1.39 bits per heavy atom. The molecule has 3 aromatic carbocycles. The van der Waals surface area contributed by atoms with Crippen molar-refractivity contribution in [1.29, 1.82) is 0 Å². The van der Waals surface area contributed by atoms with Crippen LogP contribution in [-0.2, 0) is 9.53 Å². The average molecular weight is 445 g/mol. The van der Waals surface area contributed by atoms with Crippen LogP contribution in [0.2, 0.25) is 0 Å². The molecule has 0 radical (unpaired) electrons. The van der Waals surface area contributed by atoms with Crippen LogP contribution in [0.15, 0.2) is 84.9 Å². The number of hydrogen-bond acceptors (Lipinski definition) is 4. The van der Waals surface area contributed by atoms with Crippen LogP contribution in [0.5, 0.6) is 0 Å². The van der Waals surface area contributed by atoms with E-state index in [0.717, 1.165) is 29.9 Å². The van der Waals surface area contributed by atoms with Gasteiger partial charge in [-0.05, 0) is 35.4 Å². The number of nitrogens with two attached hydrogens (primary N) is 1. The Morgan fingerprint density at radius 1 is 0.818 bits per heavy atom. The molecule has 1 aliphatic rings. The number of benzene rings is 3. The van der Waals surface area contributed by atoms with Crippen molar-refractivity contribution in [3.63, 3.8) is 0 Å². The van der Waals surface area contributed by atoms with E-state index in [1.165, 1.54) is 0 Å². The van der Waals surface area contributed by atoms with Gasteiger partial charge in [-0.15, -0.1) is 0 Å². The zero-order chi connectivity index (χ0) is 23.0. The topological polar surface area (TPSA) is 96.7 Å². The first-order chi connectivity index (χ1) is 16.1. The maximum Gasteiger partial charge on any atom is 0.319 e. The van der Waals surface area contributed by atoms with Gasteiger partial charge >= 0.3 is 6.03 Å². The summed E-state index contributed by atoms with van der Waals surface area (Å²) >= 11 is 0. The molecule has 170 valence electrons. The molecule has 0 bridgehead atoms. The van der Waals surface area contributed by atoms with Gasteiger partial charge in [-0.3, -0.25) is 4.79 Å². The van der Waals surface area contributed by atoms with Crippen molar-refractivity contribution in [3.8, 4) is 0 Å². The smallest absolute Gasteiger partial charge is 0.319 e. The Labute approximate surface area is 193 Å². The molecule has 1 saturated heterocycles. The summed E-state index contributed by atoms with van der Waals surface area (Å²) in [5, 5.41) is 5.55. The zero-order valence-corrected chi connectivity index (χ0v) is 18.3. The van der Waals surface area contributed by atoms with Gasteiger partial charge in [-0.1, -0.05) is 60.7 Å². The highest BCUT2D eigenvalue weighted by Gasteiger charge is 2.31. The van der Waals surface area contributed by atoms with E-state index in [9.17, 15) is 9.59 Å². The lowest BCUT2D eigenvalue weighted by Gasteiger charge is -2.30. The van der Waals surface area contributed by atoms with Gasteiger partial charge in [0.25, 0.3) is 0 Å². The number of morpholine rings is 1. The fraction of sp³-hybridized carbons (Fsp3) is 0.231. The molecule has 3 amide bonds. The molecule has 4 rings (SSSR count). The highest BCUT2D eigenvalue weighted by atomic mass is 16.5. The summed E-state index contributed by atoms with van der Waals surface area (Å²) in [6.45, 7) is 3.09. The lowest BCUT2D eigenvalue weighted by Crippen LogP contribution is -2.49. The van der Waals surface area contributed by atoms with Gasteiger partial charge in [-0.2, -0.15) is 0 Å². The summed E-state index contributed by atoms with van der Waals surface area (Å²) in [4.78, 5) is 27.5. The average Bonchev–Trinajstić information content (AvgIpc) is 2.86. The van der Waals surface area contributed by atoms with Gasteiger partial charge in [0.05, 0.1) is 13.2 Å². The lowest BCUT2D eigenvalue weighted by molar-refractivity contribution is -0.120. The largest absolute Gasteiger partial charge is 0.378 e. The normalized spacial score (nSPS) is 15.3. The maximum absolute atomic E-state index is 12.7. The highest BCUT2D eigenvalue weighted by molar-refractivity contribution is 5.94. The molecule has 0 saturated carbocycles. The fourth-order valence-corrected chi connectivity index (χ4v) is 4.10. The SMILES string of the molecule is NC(=O)C(NC(=O)Nc1ccccc1)C(c1ccccc1)c1ccc(N2CCOCC2)cc1. The van der Waals surface area contributed by atoms with Crippen LogP contribution in [0.3, 0.4) is 0 Å². The van der Waals surface area contributed by atoms with Crippen LogP contribution in [0.1, 0.15) is 17.0 Å². The number of carbonyl (C=O) groups is 2. The second kappa shape index (κ2) is 10.7. The quantitative estimate of drug-likeness (QED) is 0.521. The monoisotopic (exact) mass is 444 g/mol. The molecule has 1 aliphatic heterocycles. The van der Waals surface area contributed by atoms with Crippen molar-refractivity contribution in [2.45, 2.75) is 12.0 Å². The molecule has 1 fully saturated rings. The number of urea groups is 1. The third-order valence-electron chi connectivity index (χ3n) is 5.75. The minimum atomic E-state index is -0.939. The van der Waals surface area contributed by atoms with Crippen molar-refractivity contribution >= 4 is 23.3 Å². The predicted octanol–water partition coefficient (Wildman–Crippen LogP) is 3.33. The highest BCUT2D eigenvalue weighted by Crippen LogP contribution is 2.30. The third-order valence-corrected chi connectivity index (χ3v) is 5.75. The second-order valence-electron chi connectivity index (χ2n) is 7.92. The fourth-order valence-electron chi connectivity index (χ4n) is 4.10. The summed E-state index contributed by atoms with van der Waals surface area (Å²) in [7, 11) is 0. The molecular formula is C26H28N4O3. The summed E-state index contributed by atoms with van der Waals surface area (Å²) < 4.78 is 5.44. The van der Waals surface area contributed by atoms with Crippen molar-refractivity contribution in [2.75, 3.05) is 36.5 Å². The molecule has 4 N–H and O–H groups in total. The first-order valence-electron chi connectivity index (χ1n) is 11.0. The van der Waals surface area contributed by atoms with Crippen LogP contribution in [-0.4, -0.2) is 44.3 Å². The predicted molar refractivity (Wildman–Crippen MR) is 129 cm³/mol. The molecular weight excluding hydrogens is 416 g/mol. The summed E-state index contributed by atoms with van der Waals surface area (Å²) in [5.41, 5.74) is 9.30. The van der Waals surface area contributed by atoms with E-state index in [2.05, 4.69) is 15.5 Å². The van der Waals surface area contributed by atoms with Crippen molar-refractivity contribution in [1.82, 2.24) is 5.32 Å². The molecule has 7 heteroatoms. The van der Waals surface area contributed by atoms with E-state index in [0.29, 0.717) is 18.9 Å². The van der Waals surface area contributed by atoms with Gasteiger partial charge in [-0.25, -0.2) is 4.79 Å². The molecule has 2 unspecified atom stereocenters. The van der Waals surface area contributed by atoms with Crippen molar-refractivity contribution in [3.05, 3.63) is 96.1 Å². The van der Waals surface area contributed by atoms with Crippen LogP contribution in [0.4, 0.5) is 16.2 Å². The first kappa shape index (κ1) is 22.4. The summed E-state index contributed by atoms with van der Waals surface area (Å²) in [6.07, 6.45) is 0. The molecule has 0 aromatic heterocycles. The molecule has 7 nitrogen and oxygen atoms in total. The van der Waals surface area contributed by atoms with E-state index in [4.69, 9.17) is 10.5 Å². The Morgan fingerprint density at radius 3 is 2.00 bits per heavy atom. The third kappa shape index (κ3) is 5.70. The maximum atomic E-state index is 12.7. The zero-order valence-electron chi connectivity index (χ0n) is 18.3. The minimum absolute atomic E-state index is 0.441. The number of carbonyl (C=O) groups excluding carboxylic acids is 2. The van der Waals surface area contributed by atoms with E-state index in [1.54, 1.807) is 12.1 Å². The van der Waals surface area contributed by atoms with Crippen molar-refractivity contribution < 1.29 is 14.3 Å². The Balaban J connectivity index is 1.60. The molecule has 1 heterocycles. The summed E-state index contributed by atoms with van der Waals surface area (Å²) in [5.74, 6) is -1.05. The van der Waals surface area contributed by atoms with Gasteiger partial charge < -0.3 is 26.0 Å². The van der Waals surface area contributed by atoms with Crippen LogP contribution in [0.25, 0.3) is 0 Å². The van der Waals surface area contributed by atoms with Crippen molar-refractivity contribution in [2.24, 2.45) is 5.73 Å². The molecule has 0 spiro atoms. The molecule has 2 atom stereocenters. The minimum Gasteiger partial charge on any atom is -0.378 e. The van der Waals surface area contributed by atoms with Crippen LogP contribution in [0, 0.1) is 0 Å². The molecule has 0 aliphatic carbocycles. The first-order valence-corrected chi connectivity index (χ1v) is 11.0. The van der Waals surface area contributed by atoms with Crippen LogP contribution >= 0.6 is 0 Å². The lowest BCUT2D eigenvalue weighted by atomic mass is 9.84. The number of rotatable bonds is 7. The van der Waals surface area contributed by atoms with Gasteiger partial charge in [0.2, 0.25) is 5.91 Å². The number of nitrogens with one attached hydrogen (secondary N) is 2. The van der Waals surface area contributed by atoms with E-state index in [1.807, 2.05) is 72.8 Å². The van der Waals surface area contributed by atoms with E-state index in [-0.39, 0.29) is 0 Å². The standard InChI is InChI=1S/C26H28N4O3/c27-25(31)24(29-26(32)28-21-9-5-2-6-10-21)23(19-7-3-1-4-8-19)20-11-13-22(14-12-20)30-15-17-33-18-16-30/h1-14,23-24H,15-18H2,(H2,27,31)(H2,28,29,32). The summed E-state index contributed by atoms with van der Waals surface area (Å²) in [6, 6.07) is 25.3. The van der Waals surface area contributed by atoms with E-state index >= 15 is 0 Å². The van der Waals surface area contributed by atoms with Crippen LogP contribution < -0.4 is 21.3 Å². The van der Waals surface area contributed by atoms with E-state index < -0.39 is 23.9 Å². The second-order valence-corrected chi connectivity index (χ2v) is 7.92. The number of ether oxygens (including phenoxy) is 1. The number of amides is 3. The number of para-hydroxylation sites is 1. The number of anilines is 2. The Kier molecular flexibility index (Phi) is 7.22. The molecule has 33 heavy (non-hydrogen) atoms.